The normalized spacial score (nSPS) is 11.3. The van der Waals surface area contributed by atoms with Gasteiger partial charge in [-0.15, -0.1) is 5.10 Å². The number of hydrogen-bond acceptors (Lipinski definition) is 6. The standard InChI is InChI=1S/C14H13FN6O2/c1-9-5-3-4-6-12(9)23-8-10-11(7-16-17-13(10)15)21-14(22)20(2)18-19-21/h3-7H,8H2,1-2H3/i3T. The molecule has 0 atom stereocenters. The molecule has 0 aliphatic rings. The van der Waals surface area contributed by atoms with Gasteiger partial charge in [-0.3, -0.25) is 0 Å². The highest BCUT2D eigenvalue weighted by Gasteiger charge is 2.17. The zero-order chi connectivity index (χ0) is 17.3. The predicted octanol–water partition coefficient (Wildman–Crippen LogP) is 0.783. The average molecular weight is 318 g/mol. The van der Waals surface area contributed by atoms with Crippen LogP contribution in [0.1, 0.15) is 12.5 Å². The first-order chi connectivity index (χ1) is 11.5. The molecule has 0 amide bonds. The van der Waals surface area contributed by atoms with Crippen LogP contribution >= 0.6 is 0 Å². The summed E-state index contributed by atoms with van der Waals surface area (Å²) in [6, 6.07) is 5.17. The van der Waals surface area contributed by atoms with Gasteiger partial charge in [0.2, 0.25) is 5.95 Å². The van der Waals surface area contributed by atoms with Crippen molar-refractivity contribution in [1.82, 2.24) is 30.0 Å². The van der Waals surface area contributed by atoms with Crippen LogP contribution in [0.5, 0.6) is 5.75 Å². The first-order valence-electron chi connectivity index (χ1n) is 7.17. The number of rotatable bonds is 4. The number of ether oxygens (including phenoxy) is 1. The van der Waals surface area contributed by atoms with Crippen molar-refractivity contribution in [3.05, 3.63) is 58.0 Å². The molecule has 0 spiro atoms. The number of tetrazole rings is 1. The van der Waals surface area contributed by atoms with Gasteiger partial charge in [0.25, 0.3) is 0 Å². The van der Waals surface area contributed by atoms with Crippen LogP contribution in [0.2, 0.25) is 0 Å². The van der Waals surface area contributed by atoms with Crippen LogP contribution in [0.4, 0.5) is 4.39 Å². The van der Waals surface area contributed by atoms with Crippen molar-refractivity contribution in [3.63, 3.8) is 0 Å². The minimum atomic E-state index is -0.861. The van der Waals surface area contributed by atoms with Crippen LogP contribution in [0.25, 0.3) is 5.69 Å². The fourth-order valence-corrected chi connectivity index (χ4v) is 1.97. The van der Waals surface area contributed by atoms with Gasteiger partial charge in [0, 0.05) is 7.05 Å². The molecular formula is C14H13FN6O2. The highest BCUT2D eigenvalue weighted by atomic mass is 19.1. The van der Waals surface area contributed by atoms with Gasteiger partial charge in [-0.1, -0.05) is 18.2 Å². The van der Waals surface area contributed by atoms with Crippen molar-refractivity contribution in [2.24, 2.45) is 7.05 Å². The van der Waals surface area contributed by atoms with Gasteiger partial charge in [0.15, 0.2) is 0 Å². The molecule has 0 fully saturated rings. The maximum Gasteiger partial charge on any atom is 0.368 e. The summed E-state index contributed by atoms with van der Waals surface area (Å²) in [4.78, 5) is 12.0. The highest BCUT2D eigenvalue weighted by molar-refractivity contribution is 5.37. The fourth-order valence-electron chi connectivity index (χ4n) is 1.97. The summed E-state index contributed by atoms with van der Waals surface area (Å²) < 4.78 is 29.2. The summed E-state index contributed by atoms with van der Waals surface area (Å²) in [6.45, 7) is 1.60. The van der Waals surface area contributed by atoms with Crippen molar-refractivity contribution in [1.29, 1.82) is 0 Å². The van der Waals surface area contributed by atoms with E-state index in [1.165, 1.54) is 13.2 Å². The van der Waals surface area contributed by atoms with Crippen molar-refractivity contribution in [2.45, 2.75) is 13.5 Å². The number of nitrogens with zero attached hydrogens (tertiary/aromatic N) is 6. The number of halogens is 1. The van der Waals surface area contributed by atoms with Gasteiger partial charge < -0.3 is 4.74 Å². The van der Waals surface area contributed by atoms with Crippen LogP contribution in [0.15, 0.2) is 35.2 Å². The molecule has 23 heavy (non-hydrogen) atoms. The molecule has 0 aliphatic heterocycles. The molecule has 0 N–H and O–H groups in total. The van der Waals surface area contributed by atoms with E-state index in [4.69, 9.17) is 6.11 Å². The van der Waals surface area contributed by atoms with E-state index in [2.05, 4.69) is 20.6 Å². The van der Waals surface area contributed by atoms with E-state index in [-0.39, 0.29) is 17.9 Å². The van der Waals surface area contributed by atoms with Crippen LogP contribution in [0.3, 0.4) is 0 Å². The van der Waals surface area contributed by atoms with Gasteiger partial charge in [-0.05, 0) is 29.0 Å². The van der Waals surface area contributed by atoms with Crippen molar-refractivity contribution in [3.8, 4) is 11.4 Å². The SMILES string of the molecule is [3H]c1ccc(OCc2c(-n3nnn(C)c3=O)cnnc2F)c(C)c1. The maximum atomic E-state index is 14.1. The topological polar surface area (TPSA) is 87.7 Å². The Morgan fingerprint density at radius 3 is 2.91 bits per heavy atom. The first kappa shape index (κ1) is 13.6. The summed E-state index contributed by atoms with van der Waals surface area (Å²) in [5.74, 6) is -0.362. The van der Waals surface area contributed by atoms with Crippen LogP contribution in [-0.2, 0) is 13.7 Å². The van der Waals surface area contributed by atoms with E-state index in [9.17, 15) is 9.18 Å². The molecule has 118 valence electrons. The zero-order valence-electron chi connectivity index (χ0n) is 13.4. The number of para-hydroxylation sites is 1. The number of aromatic nitrogens is 6. The summed E-state index contributed by atoms with van der Waals surface area (Å²) in [5.41, 5.74) is 0.332. The molecule has 0 bridgehead atoms. The summed E-state index contributed by atoms with van der Waals surface area (Å²) in [6.07, 6.45) is 1.22. The molecular weight excluding hydrogens is 303 g/mol. The number of aryl methyl sites for hydroxylation is 2. The molecule has 0 saturated carbocycles. The monoisotopic (exact) mass is 318 g/mol. The first-order valence-corrected chi connectivity index (χ1v) is 6.67. The van der Waals surface area contributed by atoms with Crippen molar-refractivity contribution in [2.75, 3.05) is 0 Å². The van der Waals surface area contributed by atoms with E-state index < -0.39 is 11.6 Å². The molecule has 9 heteroatoms. The zero-order valence-corrected chi connectivity index (χ0v) is 12.4. The van der Waals surface area contributed by atoms with E-state index in [1.807, 2.05) is 0 Å². The fraction of sp³-hybridized carbons (Fsp3) is 0.214. The Kier molecular flexibility index (Phi) is 3.51. The molecule has 1 aromatic carbocycles. The molecule has 2 aromatic heterocycles. The highest BCUT2D eigenvalue weighted by Crippen LogP contribution is 2.20. The molecule has 3 rings (SSSR count). The second-order valence-electron chi connectivity index (χ2n) is 4.78. The summed E-state index contributed by atoms with van der Waals surface area (Å²) >= 11 is 0. The van der Waals surface area contributed by atoms with Crippen molar-refractivity contribution >= 4 is 0 Å². The lowest BCUT2D eigenvalue weighted by atomic mass is 10.2. The molecule has 0 unspecified atom stereocenters. The van der Waals surface area contributed by atoms with E-state index in [1.54, 1.807) is 25.1 Å². The van der Waals surface area contributed by atoms with Gasteiger partial charge in [0.05, 0.1) is 13.1 Å². The Bertz CT molecular complexity index is 955. The van der Waals surface area contributed by atoms with Crippen LogP contribution in [-0.4, -0.2) is 30.0 Å². The molecule has 0 aliphatic carbocycles. The summed E-state index contributed by atoms with van der Waals surface area (Å²) in [5, 5.41) is 14.1. The van der Waals surface area contributed by atoms with Crippen LogP contribution in [0, 0.1) is 12.9 Å². The third-order valence-corrected chi connectivity index (χ3v) is 3.23. The summed E-state index contributed by atoms with van der Waals surface area (Å²) in [7, 11) is 1.43. The minimum absolute atomic E-state index is 0.0296. The lowest BCUT2D eigenvalue weighted by molar-refractivity contribution is 0.294. The van der Waals surface area contributed by atoms with E-state index in [0.717, 1.165) is 14.9 Å². The Morgan fingerprint density at radius 2 is 2.22 bits per heavy atom. The number of hydrogen-bond donors (Lipinski definition) is 0. The minimum Gasteiger partial charge on any atom is -0.488 e. The Hall–Kier alpha value is -3.10. The third-order valence-electron chi connectivity index (χ3n) is 3.23. The van der Waals surface area contributed by atoms with Gasteiger partial charge in [0.1, 0.15) is 18.0 Å². The molecule has 0 saturated heterocycles. The van der Waals surface area contributed by atoms with E-state index >= 15 is 0 Å². The molecule has 0 radical (unpaired) electrons. The Morgan fingerprint density at radius 1 is 1.39 bits per heavy atom. The second-order valence-corrected chi connectivity index (χ2v) is 4.78. The lowest BCUT2D eigenvalue weighted by Gasteiger charge is -2.11. The maximum absolute atomic E-state index is 14.1. The Balaban J connectivity index is 1.96. The molecule has 3 aromatic rings. The van der Waals surface area contributed by atoms with Gasteiger partial charge >= 0.3 is 5.69 Å². The molecule has 8 nitrogen and oxygen atoms in total. The Labute approximate surface area is 131 Å². The van der Waals surface area contributed by atoms with Crippen molar-refractivity contribution < 1.29 is 10.5 Å². The van der Waals surface area contributed by atoms with Crippen LogP contribution < -0.4 is 10.4 Å². The quantitative estimate of drug-likeness (QED) is 0.706. The number of benzene rings is 1. The predicted molar refractivity (Wildman–Crippen MR) is 77.7 cm³/mol. The lowest BCUT2D eigenvalue weighted by Crippen LogP contribution is -2.24. The largest absolute Gasteiger partial charge is 0.488 e. The molecule has 2 heterocycles. The smallest absolute Gasteiger partial charge is 0.368 e. The average Bonchev–Trinajstić information content (AvgIpc) is 2.87. The van der Waals surface area contributed by atoms with Gasteiger partial charge in [-0.2, -0.15) is 18.9 Å². The second kappa shape index (κ2) is 5.95. The van der Waals surface area contributed by atoms with E-state index in [0.29, 0.717) is 11.8 Å². The van der Waals surface area contributed by atoms with Gasteiger partial charge in [-0.25, -0.2) is 4.79 Å². The third kappa shape index (κ3) is 2.80.